The van der Waals surface area contributed by atoms with Crippen molar-refractivity contribution < 1.29 is 8.42 Å². The van der Waals surface area contributed by atoms with Crippen LogP contribution in [0.2, 0.25) is 0 Å². The third-order valence-electron chi connectivity index (χ3n) is 3.51. The van der Waals surface area contributed by atoms with Crippen LogP contribution < -0.4 is 0 Å². The number of halogens is 1. The highest BCUT2D eigenvalue weighted by atomic mass is 35.5. The monoisotopic (exact) mass is 352 g/mol. The Morgan fingerprint density at radius 2 is 1.81 bits per heavy atom. The Bertz CT molecular complexity index is 513. The molecule has 0 radical (unpaired) electrons. The average Bonchev–Trinajstić information content (AvgIpc) is 2.97. The number of hydrogen-bond acceptors (Lipinski definition) is 4. The number of nitrogens with zero attached hydrogens (tertiary/aromatic N) is 2. The molecule has 0 N–H and O–H groups in total. The van der Waals surface area contributed by atoms with Crippen molar-refractivity contribution in [3.8, 4) is 0 Å². The molecule has 0 aliphatic carbocycles. The maximum atomic E-state index is 12.6. The molecule has 1 rings (SSSR count). The van der Waals surface area contributed by atoms with E-state index >= 15 is 0 Å². The van der Waals surface area contributed by atoms with Crippen LogP contribution in [0.1, 0.15) is 32.8 Å². The van der Waals surface area contributed by atoms with E-state index in [1.165, 1.54) is 11.3 Å². The van der Waals surface area contributed by atoms with Gasteiger partial charge in [0.1, 0.15) is 4.21 Å². The number of sulfonamides is 1. The molecule has 122 valence electrons. The van der Waals surface area contributed by atoms with Crippen molar-refractivity contribution in [2.45, 2.75) is 37.3 Å². The molecule has 0 aliphatic rings. The van der Waals surface area contributed by atoms with E-state index < -0.39 is 10.0 Å². The Morgan fingerprint density at radius 1 is 1.14 bits per heavy atom. The molecular weight excluding hydrogens is 328 g/mol. The molecule has 0 bridgehead atoms. The first kappa shape index (κ1) is 18.9. The lowest BCUT2D eigenvalue weighted by Gasteiger charge is -2.22. The van der Waals surface area contributed by atoms with E-state index in [1.54, 1.807) is 10.4 Å². The standard InChI is InChI=1S/C14H25ClN2O2S2/c1-4-16(5-2)8-7-9-17(6-3)21(18,19)14-10-13(11-15)12-20-14/h10,12H,4-9,11H2,1-3H3. The van der Waals surface area contributed by atoms with Crippen LogP contribution in [0.3, 0.4) is 0 Å². The van der Waals surface area contributed by atoms with Crippen LogP contribution in [0.15, 0.2) is 15.7 Å². The van der Waals surface area contributed by atoms with E-state index in [-0.39, 0.29) is 0 Å². The number of hydrogen-bond donors (Lipinski definition) is 0. The van der Waals surface area contributed by atoms with E-state index in [2.05, 4.69) is 18.7 Å². The summed E-state index contributed by atoms with van der Waals surface area (Å²) in [7, 11) is -3.38. The van der Waals surface area contributed by atoms with Crippen LogP contribution in [0, 0.1) is 0 Å². The summed E-state index contributed by atoms with van der Waals surface area (Å²) in [6.45, 7) is 10.1. The predicted octanol–water partition coefficient (Wildman–Crippen LogP) is 3.23. The van der Waals surface area contributed by atoms with Crippen molar-refractivity contribution in [1.29, 1.82) is 0 Å². The Balaban J connectivity index is 2.69. The van der Waals surface area contributed by atoms with Crippen molar-refractivity contribution in [2.75, 3.05) is 32.7 Å². The second-order valence-electron chi connectivity index (χ2n) is 4.78. The molecule has 4 nitrogen and oxygen atoms in total. The first-order valence-corrected chi connectivity index (χ1v) is 10.2. The predicted molar refractivity (Wildman–Crippen MR) is 90.7 cm³/mol. The largest absolute Gasteiger partial charge is 0.304 e. The molecule has 1 heterocycles. The van der Waals surface area contributed by atoms with Gasteiger partial charge < -0.3 is 4.90 Å². The smallest absolute Gasteiger partial charge is 0.252 e. The number of rotatable bonds is 10. The fourth-order valence-electron chi connectivity index (χ4n) is 2.14. The number of thiophene rings is 1. The van der Waals surface area contributed by atoms with Crippen molar-refractivity contribution in [2.24, 2.45) is 0 Å². The molecule has 0 unspecified atom stereocenters. The molecule has 7 heteroatoms. The van der Waals surface area contributed by atoms with Crippen molar-refractivity contribution in [3.05, 3.63) is 17.0 Å². The van der Waals surface area contributed by atoms with Crippen molar-refractivity contribution in [1.82, 2.24) is 9.21 Å². The fraction of sp³-hybridized carbons (Fsp3) is 0.714. The maximum Gasteiger partial charge on any atom is 0.252 e. The van der Waals surface area contributed by atoms with Crippen LogP contribution in [0.5, 0.6) is 0 Å². The zero-order valence-corrected chi connectivity index (χ0v) is 15.4. The van der Waals surface area contributed by atoms with E-state index in [1.807, 2.05) is 12.3 Å². The zero-order chi connectivity index (χ0) is 15.9. The molecule has 21 heavy (non-hydrogen) atoms. The first-order chi connectivity index (χ1) is 9.99. The molecule has 0 saturated heterocycles. The van der Waals surface area contributed by atoms with Crippen LogP contribution in [0.25, 0.3) is 0 Å². The summed E-state index contributed by atoms with van der Waals surface area (Å²) in [5, 5.41) is 1.81. The van der Waals surface area contributed by atoms with Crippen LogP contribution in [-0.4, -0.2) is 50.3 Å². The van der Waals surface area contributed by atoms with Gasteiger partial charge in [-0.15, -0.1) is 22.9 Å². The van der Waals surface area contributed by atoms with Gasteiger partial charge in [0.2, 0.25) is 0 Å². The SMILES string of the molecule is CCN(CC)CCCN(CC)S(=O)(=O)c1cc(CCl)cs1. The second-order valence-corrected chi connectivity index (χ2v) is 8.13. The Morgan fingerprint density at radius 3 is 2.29 bits per heavy atom. The number of alkyl halides is 1. The molecule has 0 atom stereocenters. The summed E-state index contributed by atoms with van der Waals surface area (Å²) in [4.78, 5) is 2.30. The van der Waals surface area contributed by atoms with Gasteiger partial charge in [0, 0.05) is 19.0 Å². The molecule has 0 aliphatic heterocycles. The maximum absolute atomic E-state index is 12.6. The van der Waals surface area contributed by atoms with Crippen LogP contribution >= 0.6 is 22.9 Å². The topological polar surface area (TPSA) is 40.6 Å². The quantitative estimate of drug-likeness (QED) is 0.607. The summed E-state index contributed by atoms with van der Waals surface area (Å²) < 4.78 is 27.1. The molecule has 1 aromatic heterocycles. The van der Waals surface area contributed by atoms with E-state index in [9.17, 15) is 8.42 Å². The highest BCUT2D eigenvalue weighted by Gasteiger charge is 2.24. The average molecular weight is 353 g/mol. The van der Waals surface area contributed by atoms with Crippen molar-refractivity contribution >= 4 is 33.0 Å². The van der Waals surface area contributed by atoms with Gasteiger partial charge in [-0.2, -0.15) is 4.31 Å². The summed E-state index contributed by atoms with van der Waals surface area (Å²) in [6, 6.07) is 1.68. The normalized spacial score (nSPS) is 12.5. The van der Waals surface area contributed by atoms with Gasteiger partial charge in [0.05, 0.1) is 0 Å². The van der Waals surface area contributed by atoms with Gasteiger partial charge in [0.25, 0.3) is 10.0 Å². The van der Waals surface area contributed by atoms with Gasteiger partial charge in [-0.25, -0.2) is 8.42 Å². The fourth-order valence-corrected chi connectivity index (χ4v) is 5.24. The Hall–Kier alpha value is -0.140. The molecule has 0 fully saturated rings. The minimum atomic E-state index is -3.38. The summed E-state index contributed by atoms with van der Waals surface area (Å²) in [5.41, 5.74) is 0.861. The zero-order valence-electron chi connectivity index (χ0n) is 13.0. The summed E-state index contributed by atoms with van der Waals surface area (Å²) in [6.07, 6.45) is 0.850. The lowest BCUT2D eigenvalue weighted by molar-refractivity contribution is 0.285. The second kappa shape index (κ2) is 9.10. The molecule has 1 aromatic rings. The lowest BCUT2D eigenvalue weighted by Crippen LogP contribution is -2.34. The van der Waals surface area contributed by atoms with E-state index in [4.69, 9.17) is 11.6 Å². The van der Waals surface area contributed by atoms with E-state index in [0.29, 0.717) is 23.2 Å². The minimum absolute atomic E-state index is 0.347. The lowest BCUT2D eigenvalue weighted by atomic mass is 10.3. The molecule has 0 amide bonds. The summed E-state index contributed by atoms with van der Waals surface area (Å²) >= 11 is 7.00. The van der Waals surface area contributed by atoms with Crippen molar-refractivity contribution in [3.63, 3.8) is 0 Å². The third kappa shape index (κ3) is 5.21. The third-order valence-corrected chi connectivity index (χ3v) is 7.25. The van der Waals surface area contributed by atoms with Crippen LogP contribution in [0.4, 0.5) is 0 Å². The van der Waals surface area contributed by atoms with E-state index in [0.717, 1.165) is 31.6 Å². The van der Waals surface area contributed by atoms with Gasteiger partial charge in [-0.3, -0.25) is 0 Å². The minimum Gasteiger partial charge on any atom is -0.304 e. The van der Waals surface area contributed by atoms with Gasteiger partial charge >= 0.3 is 0 Å². The molecule has 0 spiro atoms. The van der Waals surface area contributed by atoms with Gasteiger partial charge in [-0.05, 0) is 43.1 Å². The summed E-state index contributed by atoms with van der Waals surface area (Å²) in [5.74, 6) is 0.347. The first-order valence-electron chi connectivity index (χ1n) is 7.35. The molecule has 0 saturated carbocycles. The highest BCUT2D eigenvalue weighted by molar-refractivity contribution is 7.91. The Kier molecular flexibility index (Phi) is 8.19. The molecule has 0 aromatic carbocycles. The van der Waals surface area contributed by atoms with Gasteiger partial charge in [0.15, 0.2) is 0 Å². The van der Waals surface area contributed by atoms with Gasteiger partial charge in [-0.1, -0.05) is 20.8 Å². The highest BCUT2D eigenvalue weighted by Crippen LogP contribution is 2.24. The molecular formula is C14H25ClN2O2S2. The Labute approximate surface area is 137 Å². The van der Waals surface area contributed by atoms with Crippen LogP contribution in [-0.2, 0) is 15.9 Å².